The summed E-state index contributed by atoms with van der Waals surface area (Å²) in [5.41, 5.74) is 1.93. The summed E-state index contributed by atoms with van der Waals surface area (Å²) in [6, 6.07) is 24.6. The Hall–Kier alpha value is -2.61. The van der Waals surface area contributed by atoms with Gasteiger partial charge in [0.2, 0.25) is 0 Å². The first-order chi connectivity index (χ1) is 10.3. The van der Waals surface area contributed by atoms with Crippen molar-refractivity contribution in [3.63, 3.8) is 0 Å². The van der Waals surface area contributed by atoms with Crippen molar-refractivity contribution in [1.29, 1.82) is 0 Å². The number of fused-ring (bicyclic) bond motifs is 1. The topological polar surface area (TPSA) is 29.1 Å². The van der Waals surface area contributed by atoms with E-state index in [0.717, 1.165) is 6.42 Å². The second kappa shape index (κ2) is 6.23. The zero-order valence-electron chi connectivity index (χ0n) is 11.7. The Morgan fingerprint density at radius 2 is 1.86 bits per heavy atom. The molecule has 3 rings (SSSR count). The van der Waals surface area contributed by atoms with Gasteiger partial charge in [0.1, 0.15) is 0 Å². The monoisotopic (exact) mass is 274 g/mol. The van der Waals surface area contributed by atoms with Crippen LogP contribution in [0.2, 0.25) is 0 Å². The Labute approximate surface area is 124 Å². The Balaban J connectivity index is 1.66. The second-order valence-corrected chi connectivity index (χ2v) is 4.94. The minimum absolute atomic E-state index is 0.0256. The lowest BCUT2D eigenvalue weighted by Gasteiger charge is -2.08. The molecule has 2 nitrogen and oxygen atoms in total. The highest BCUT2D eigenvalue weighted by Crippen LogP contribution is 2.18. The van der Waals surface area contributed by atoms with Crippen LogP contribution in [0.4, 0.5) is 0 Å². The highest BCUT2D eigenvalue weighted by atomic mass is 16.1. The van der Waals surface area contributed by atoms with E-state index in [1.165, 1.54) is 16.3 Å². The van der Waals surface area contributed by atoms with Gasteiger partial charge in [-0.3, -0.25) is 4.79 Å². The first-order valence-corrected chi connectivity index (χ1v) is 7.05. The van der Waals surface area contributed by atoms with Crippen molar-refractivity contribution >= 4 is 16.7 Å². The van der Waals surface area contributed by atoms with Crippen LogP contribution in [0.5, 0.6) is 0 Å². The second-order valence-electron chi connectivity index (χ2n) is 4.94. The van der Waals surface area contributed by atoms with Crippen LogP contribution in [0.25, 0.3) is 10.8 Å². The standard InChI is InChI=1S/C19H16NO/c21-19(17-8-2-1-3-9-17)20-14-13-16-11-6-10-15-7-4-5-12-18(15)16/h1-4,6-12H,13-14H2,(H,20,21). The minimum Gasteiger partial charge on any atom is -0.352 e. The van der Waals surface area contributed by atoms with Crippen LogP contribution in [-0.4, -0.2) is 12.5 Å². The van der Waals surface area contributed by atoms with Gasteiger partial charge in [-0.25, -0.2) is 0 Å². The van der Waals surface area contributed by atoms with Crippen LogP contribution in [0, 0.1) is 6.07 Å². The fraction of sp³-hybridized carbons (Fsp3) is 0.105. The van der Waals surface area contributed by atoms with E-state index in [1.807, 2.05) is 42.5 Å². The fourth-order valence-corrected chi connectivity index (χ4v) is 2.44. The van der Waals surface area contributed by atoms with Gasteiger partial charge in [-0.05, 0) is 47.0 Å². The van der Waals surface area contributed by atoms with Gasteiger partial charge in [0.05, 0.1) is 0 Å². The predicted molar refractivity (Wildman–Crippen MR) is 85.3 cm³/mol. The maximum absolute atomic E-state index is 12.0. The van der Waals surface area contributed by atoms with Crippen molar-refractivity contribution in [3.8, 4) is 0 Å². The SMILES string of the molecule is O=C(NCCc1cccc2cc[c]cc12)c1ccccc1. The van der Waals surface area contributed by atoms with Crippen LogP contribution in [0.3, 0.4) is 0 Å². The van der Waals surface area contributed by atoms with Crippen LogP contribution >= 0.6 is 0 Å². The van der Waals surface area contributed by atoms with Gasteiger partial charge in [0.15, 0.2) is 0 Å². The van der Waals surface area contributed by atoms with E-state index in [0.29, 0.717) is 12.1 Å². The lowest BCUT2D eigenvalue weighted by atomic mass is 10.0. The zero-order chi connectivity index (χ0) is 14.5. The average molecular weight is 274 g/mol. The number of benzene rings is 3. The van der Waals surface area contributed by atoms with Crippen molar-refractivity contribution in [3.05, 3.63) is 83.9 Å². The maximum Gasteiger partial charge on any atom is 0.251 e. The van der Waals surface area contributed by atoms with E-state index in [9.17, 15) is 4.79 Å². The van der Waals surface area contributed by atoms with Gasteiger partial charge < -0.3 is 5.32 Å². The summed E-state index contributed by atoms with van der Waals surface area (Å²) < 4.78 is 0. The first-order valence-electron chi connectivity index (χ1n) is 7.05. The molecule has 0 saturated heterocycles. The van der Waals surface area contributed by atoms with Gasteiger partial charge in [0, 0.05) is 12.1 Å². The van der Waals surface area contributed by atoms with E-state index in [-0.39, 0.29) is 5.91 Å². The molecule has 0 bridgehead atoms. The number of nitrogens with one attached hydrogen (secondary N) is 1. The molecule has 0 aliphatic rings. The zero-order valence-corrected chi connectivity index (χ0v) is 11.7. The molecule has 0 unspecified atom stereocenters. The Morgan fingerprint density at radius 3 is 2.71 bits per heavy atom. The lowest BCUT2D eigenvalue weighted by Crippen LogP contribution is -2.25. The predicted octanol–water partition coefficient (Wildman–Crippen LogP) is 3.61. The van der Waals surface area contributed by atoms with Gasteiger partial charge in [-0.15, -0.1) is 0 Å². The molecular formula is C19H16NO. The fourth-order valence-electron chi connectivity index (χ4n) is 2.44. The van der Waals surface area contributed by atoms with E-state index >= 15 is 0 Å². The molecule has 0 aliphatic heterocycles. The number of carbonyl (C=O) groups is 1. The molecule has 0 fully saturated rings. The molecule has 1 amide bonds. The average Bonchev–Trinajstić information content (AvgIpc) is 2.56. The third-order valence-electron chi connectivity index (χ3n) is 3.53. The van der Waals surface area contributed by atoms with E-state index in [1.54, 1.807) is 0 Å². The lowest BCUT2D eigenvalue weighted by molar-refractivity contribution is 0.0954. The normalized spacial score (nSPS) is 10.5. The van der Waals surface area contributed by atoms with Gasteiger partial charge >= 0.3 is 0 Å². The Morgan fingerprint density at radius 1 is 1.00 bits per heavy atom. The van der Waals surface area contributed by atoms with E-state index in [4.69, 9.17) is 0 Å². The van der Waals surface area contributed by atoms with Crippen molar-refractivity contribution in [2.24, 2.45) is 0 Å². The summed E-state index contributed by atoms with van der Waals surface area (Å²) in [7, 11) is 0. The third kappa shape index (κ3) is 3.11. The summed E-state index contributed by atoms with van der Waals surface area (Å²) in [6.45, 7) is 0.627. The molecule has 0 spiro atoms. The minimum atomic E-state index is -0.0256. The molecule has 2 heteroatoms. The molecule has 0 aliphatic carbocycles. The smallest absolute Gasteiger partial charge is 0.251 e. The molecule has 0 aromatic heterocycles. The van der Waals surface area contributed by atoms with Crippen LogP contribution < -0.4 is 5.32 Å². The largest absolute Gasteiger partial charge is 0.352 e. The van der Waals surface area contributed by atoms with Crippen molar-refractivity contribution < 1.29 is 4.79 Å². The molecule has 21 heavy (non-hydrogen) atoms. The third-order valence-corrected chi connectivity index (χ3v) is 3.53. The van der Waals surface area contributed by atoms with Crippen molar-refractivity contribution in [2.45, 2.75) is 6.42 Å². The number of hydrogen-bond acceptors (Lipinski definition) is 1. The molecule has 1 radical (unpaired) electrons. The van der Waals surface area contributed by atoms with Crippen LogP contribution in [0.15, 0.2) is 66.7 Å². The summed E-state index contributed by atoms with van der Waals surface area (Å²) in [5, 5.41) is 5.37. The molecule has 1 N–H and O–H groups in total. The van der Waals surface area contributed by atoms with Gasteiger partial charge in [-0.1, -0.05) is 48.5 Å². The molecular weight excluding hydrogens is 258 g/mol. The molecule has 103 valence electrons. The number of amides is 1. The Kier molecular flexibility index (Phi) is 3.97. The maximum atomic E-state index is 12.0. The summed E-state index contributed by atoms with van der Waals surface area (Å²) in [5.74, 6) is -0.0256. The summed E-state index contributed by atoms with van der Waals surface area (Å²) >= 11 is 0. The van der Waals surface area contributed by atoms with Gasteiger partial charge in [0.25, 0.3) is 5.91 Å². The first kappa shape index (κ1) is 13.4. The van der Waals surface area contributed by atoms with E-state index in [2.05, 4.69) is 35.6 Å². The summed E-state index contributed by atoms with van der Waals surface area (Å²) in [6.07, 6.45) is 0.813. The summed E-state index contributed by atoms with van der Waals surface area (Å²) in [4.78, 5) is 12.0. The molecule has 3 aromatic rings. The van der Waals surface area contributed by atoms with E-state index < -0.39 is 0 Å². The van der Waals surface area contributed by atoms with Gasteiger partial charge in [-0.2, -0.15) is 0 Å². The molecule has 0 atom stereocenters. The number of hydrogen-bond donors (Lipinski definition) is 1. The Bertz CT molecular complexity index is 744. The van der Waals surface area contributed by atoms with Crippen molar-refractivity contribution in [2.75, 3.05) is 6.54 Å². The quantitative estimate of drug-likeness (QED) is 0.773. The van der Waals surface area contributed by atoms with Crippen LogP contribution in [-0.2, 0) is 6.42 Å². The number of carbonyl (C=O) groups excluding carboxylic acids is 1. The molecule has 0 heterocycles. The molecule has 3 aromatic carbocycles. The highest BCUT2D eigenvalue weighted by molar-refractivity contribution is 5.94. The van der Waals surface area contributed by atoms with Crippen LogP contribution in [0.1, 0.15) is 15.9 Å². The van der Waals surface area contributed by atoms with Crippen molar-refractivity contribution in [1.82, 2.24) is 5.32 Å². The number of rotatable bonds is 4. The highest BCUT2D eigenvalue weighted by Gasteiger charge is 2.04. The molecule has 0 saturated carbocycles.